The average molecular weight is 577 g/mol. The van der Waals surface area contributed by atoms with E-state index in [1.54, 1.807) is 29.2 Å². The van der Waals surface area contributed by atoms with E-state index in [0.29, 0.717) is 56.0 Å². The molecule has 3 aromatic rings. The molecule has 40 heavy (non-hydrogen) atoms. The zero-order chi connectivity index (χ0) is 28.4. The summed E-state index contributed by atoms with van der Waals surface area (Å²) in [6, 6.07) is 10.6. The number of rotatable bonds is 9. The second-order valence-corrected chi connectivity index (χ2v) is 12.2. The molecule has 0 saturated carbocycles. The molecule has 0 spiro atoms. The first-order valence-electron chi connectivity index (χ1n) is 12.9. The second kappa shape index (κ2) is 11.6. The van der Waals surface area contributed by atoms with Crippen molar-refractivity contribution in [1.82, 2.24) is 25.0 Å². The number of hydrogen-bond acceptors (Lipinski definition) is 9. The third kappa shape index (κ3) is 5.83. The smallest absolute Gasteiger partial charge is 0.314 e. The number of pyridine rings is 1. The van der Waals surface area contributed by atoms with Crippen molar-refractivity contribution in [1.29, 1.82) is 0 Å². The van der Waals surface area contributed by atoms with Crippen LogP contribution in [0.1, 0.15) is 36.4 Å². The highest BCUT2D eigenvalue weighted by Gasteiger charge is 2.40. The van der Waals surface area contributed by atoms with Gasteiger partial charge in [0.15, 0.2) is 0 Å². The maximum Gasteiger partial charge on any atom is 0.314 e. The minimum Gasteiger partial charge on any atom is -0.415 e. The second-order valence-electron chi connectivity index (χ2n) is 10.0. The van der Waals surface area contributed by atoms with Crippen molar-refractivity contribution in [2.24, 2.45) is 0 Å². The fourth-order valence-corrected chi connectivity index (χ4v) is 6.94. The molecule has 2 aromatic heterocycles. The summed E-state index contributed by atoms with van der Waals surface area (Å²) in [4.78, 5) is 19.8. The standard InChI is InChI=1S/C26H30F2N6O5S/c1-17-3-2-4-20(11-17)34(13-19-6-5-18(12-29-19)25-30-31-26(39-25)24(27)28)40(37,38)22-7-9-32(10-8-22)21-14-33(15-21)23(36)16-35/h2-6,11-12,21-22,24,35H,7-10,13-16H2,1H3. The summed E-state index contributed by atoms with van der Waals surface area (Å²) in [7, 11) is -3.78. The lowest BCUT2D eigenvalue weighted by Crippen LogP contribution is -2.63. The van der Waals surface area contributed by atoms with Gasteiger partial charge >= 0.3 is 6.43 Å². The Bertz CT molecular complexity index is 1440. The highest BCUT2D eigenvalue weighted by molar-refractivity contribution is 7.93. The third-order valence-corrected chi connectivity index (χ3v) is 9.63. The molecule has 1 amide bonds. The van der Waals surface area contributed by atoms with Crippen LogP contribution in [0.2, 0.25) is 0 Å². The number of sulfonamides is 1. The van der Waals surface area contributed by atoms with Crippen LogP contribution < -0.4 is 4.31 Å². The van der Waals surface area contributed by atoms with Gasteiger partial charge in [-0.25, -0.2) is 8.42 Å². The lowest BCUT2D eigenvalue weighted by Gasteiger charge is -2.47. The van der Waals surface area contributed by atoms with Crippen molar-refractivity contribution in [3.63, 3.8) is 0 Å². The van der Waals surface area contributed by atoms with E-state index in [4.69, 9.17) is 9.52 Å². The number of likely N-dealkylation sites (tertiary alicyclic amines) is 2. The van der Waals surface area contributed by atoms with E-state index in [9.17, 15) is 22.0 Å². The van der Waals surface area contributed by atoms with Crippen LogP contribution in [0.3, 0.4) is 0 Å². The maximum atomic E-state index is 14.0. The van der Waals surface area contributed by atoms with Gasteiger partial charge in [-0.2, -0.15) is 8.78 Å². The van der Waals surface area contributed by atoms with E-state index in [1.807, 2.05) is 19.1 Å². The van der Waals surface area contributed by atoms with Crippen LogP contribution in [0.15, 0.2) is 47.0 Å². The summed E-state index contributed by atoms with van der Waals surface area (Å²) in [5, 5.41) is 15.4. The largest absolute Gasteiger partial charge is 0.415 e. The summed E-state index contributed by atoms with van der Waals surface area (Å²) < 4.78 is 59.9. The summed E-state index contributed by atoms with van der Waals surface area (Å²) in [6.07, 6.45) is -0.593. The number of aryl methyl sites for hydroxylation is 1. The molecule has 11 nitrogen and oxygen atoms in total. The van der Waals surface area contributed by atoms with Crippen molar-refractivity contribution in [3.8, 4) is 11.5 Å². The fourth-order valence-electron chi connectivity index (χ4n) is 5.05. The topological polar surface area (TPSA) is 133 Å². The molecule has 2 fully saturated rings. The molecular weight excluding hydrogens is 546 g/mol. The number of carbonyl (C=O) groups excluding carboxylic acids is 1. The first-order chi connectivity index (χ1) is 19.2. The van der Waals surface area contributed by atoms with Gasteiger partial charge in [0.2, 0.25) is 21.8 Å². The highest BCUT2D eigenvalue weighted by atomic mass is 32.2. The Kier molecular flexibility index (Phi) is 8.10. The zero-order valence-electron chi connectivity index (χ0n) is 21.9. The van der Waals surface area contributed by atoms with Gasteiger partial charge in [-0.3, -0.25) is 19.0 Å². The van der Waals surface area contributed by atoms with Crippen LogP contribution in [0.5, 0.6) is 0 Å². The number of nitrogens with zero attached hydrogens (tertiary/aromatic N) is 6. The van der Waals surface area contributed by atoms with Gasteiger partial charge in [0.05, 0.1) is 28.7 Å². The monoisotopic (exact) mass is 576 g/mol. The van der Waals surface area contributed by atoms with Crippen molar-refractivity contribution in [2.45, 2.75) is 44.0 Å². The quantitative estimate of drug-likeness (QED) is 0.408. The molecule has 2 aliphatic heterocycles. The van der Waals surface area contributed by atoms with E-state index in [2.05, 4.69) is 20.1 Å². The molecule has 0 radical (unpaired) electrons. The number of amides is 1. The Labute approximate surface area is 230 Å². The summed E-state index contributed by atoms with van der Waals surface area (Å²) >= 11 is 0. The average Bonchev–Trinajstić information content (AvgIpc) is 3.42. The number of carbonyl (C=O) groups is 1. The molecule has 1 N–H and O–H groups in total. The molecule has 0 atom stereocenters. The van der Waals surface area contributed by atoms with Gasteiger partial charge in [-0.05, 0) is 62.7 Å². The number of piperidine rings is 1. The number of benzene rings is 1. The van der Waals surface area contributed by atoms with Crippen molar-refractivity contribution in [2.75, 3.05) is 37.1 Å². The van der Waals surface area contributed by atoms with Crippen LogP contribution in [0.4, 0.5) is 14.5 Å². The summed E-state index contributed by atoms with van der Waals surface area (Å²) in [6.45, 7) is 3.64. The fraction of sp³-hybridized carbons (Fsp3) is 0.462. The number of hydrogen-bond donors (Lipinski definition) is 1. The van der Waals surface area contributed by atoms with Gasteiger partial charge in [0.1, 0.15) is 6.61 Å². The highest BCUT2D eigenvalue weighted by Crippen LogP contribution is 2.30. The molecule has 2 saturated heterocycles. The van der Waals surface area contributed by atoms with Crippen LogP contribution >= 0.6 is 0 Å². The number of anilines is 1. The molecule has 4 heterocycles. The zero-order valence-corrected chi connectivity index (χ0v) is 22.7. The summed E-state index contributed by atoms with van der Waals surface area (Å²) in [5.74, 6) is -1.17. The van der Waals surface area contributed by atoms with Crippen molar-refractivity contribution < 1.29 is 31.5 Å². The van der Waals surface area contributed by atoms with Gasteiger partial charge < -0.3 is 14.4 Å². The molecule has 214 valence electrons. The molecule has 2 aliphatic rings. The summed E-state index contributed by atoms with van der Waals surface area (Å²) in [5.41, 5.74) is 2.25. The Morgan fingerprint density at radius 3 is 2.52 bits per heavy atom. The Morgan fingerprint density at radius 2 is 1.93 bits per heavy atom. The molecule has 0 unspecified atom stereocenters. The molecule has 14 heteroatoms. The Hall–Kier alpha value is -3.49. The number of alkyl halides is 2. The van der Waals surface area contributed by atoms with Crippen LogP contribution in [-0.2, 0) is 21.4 Å². The molecular formula is C26H30F2N6O5S. The van der Waals surface area contributed by atoms with E-state index in [0.717, 1.165) is 5.56 Å². The van der Waals surface area contributed by atoms with E-state index in [1.165, 1.54) is 10.5 Å². The number of halogens is 2. The van der Waals surface area contributed by atoms with E-state index < -0.39 is 34.2 Å². The Morgan fingerprint density at radius 1 is 1.18 bits per heavy atom. The van der Waals surface area contributed by atoms with Crippen LogP contribution in [-0.4, -0.2) is 88.5 Å². The molecule has 1 aromatic carbocycles. The first kappa shape index (κ1) is 28.1. The number of aliphatic hydroxyl groups excluding tert-OH is 1. The normalized spacial score (nSPS) is 17.3. The number of aromatic nitrogens is 3. The third-order valence-electron chi connectivity index (χ3n) is 7.37. The van der Waals surface area contributed by atoms with Crippen molar-refractivity contribution >= 4 is 21.6 Å². The predicted molar refractivity (Wildman–Crippen MR) is 141 cm³/mol. The van der Waals surface area contributed by atoms with E-state index >= 15 is 0 Å². The first-order valence-corrected chi connectivity index (χ1v) is 14.4. The van der Waals surface area contributed by atoms with Gasteiger partial charge in [0, 0.05) is 25.3 Å². The van der Waals surface area contributed by atoms with Gasteiger partial charge in [0.25, 0.3) is 5.89 Å². The minimum atomic E-state index is -3.78. The van der Waals surface area contributed by atoms with Crippen LogP contribution in [0.25, 0.3) is 11.5 Å². The predicted octanol–water partition coefficient (Wildman–Crippen LogP) is 2.38. The SMILES string of the molecule is Cc1cccc(N(Cc2ccc(-c3nnc(C(F)F)o3)cn2)S(=O)(=O)C2CCN(C3CN(C(=O)CO)C3)CC2)c1. The Balaban J connectivity index is 1.30. The van der Waals surface area contributed by atoms with Gasteiger partial charge in [-0.1, -0.05) is 12.1 Å². The lowest BCUT2D eigenvalue weighted by molar-refractivity contribution is -0.141. The lowest BCUT2D eigenvalue weighted by atomic mass is 10.0. The molecule has 5 rings (SSSR count). The van der Waals surface area contributed by atoms with Crippen LogP contribution in [0, 0.1) is 6.92 Å². The van der Waals surface area contributed by atoms with Crippen molar-refractivity contribution in [3.05, 3.63) is 59.7 Å². The van der Waals surface area contributed by atoms with E-state index in [-0.39, 0.29) is 24.4 Å². The molecule has 0 bridgehead atoms. The van der Waals surface area contributed by atoms with Gasteiger partial charge in [-0.15, -0.1) is 10.2 Å². The number of aliphatic hydroxyl groups is 1. The minimum absolute atomic E-state index is 0.0146. The molecule has 0 aliphatic carbocycles. The maximum absolute atomic E-state index is 14.0.